The second-order valence-electron chi connectivity index (χ2n) is 6.45. The highest BCUT2D eigenvalue weighted by molar-refractivity contribution is 5.89. The molecule has 0 aromatic carbocycles. The van der Waals surface area contributed by atoms with Gasteiger partial charge in [-0.15, -0.1) is 0 Å². The van der Waals surface area contributed by atoms with Crippen molar-refractivity contribution in [3.05, 3.63) is 0 Å². The molecule has 1 aliphatic heterocycles. The molecule has 0 N–H and O–H groups in total. The van der Waals surface area contributed by atoms with Gasteiger partial charge in [-0.3, -0.25) is 9.59 Å². The number of hydrogen-bond acceptors (Lipinski definition) is 2. The van der Waals surface area contributed by atoms with Crippen molar-refractivity contribution in [2.24, 2.45) is 11.3 Å². The first kappa shape index (κ1) is 16.0. The molecule has 0 aromatic heterocycles. The molecule has 0 saturated carbocycles. The maximum absolute atomic E-state index is 12.8. The Morgan fingerprint density at radius 2 is 2.11 bits per heavy atom. The lowest BCUT2D eigenvalue weighted by Gasteiger charge is -2.40. The zero-order chi connectivity index (χ0) is 14.6. The van der Waals surface area contributed by atoms with Gasteiger partial charge in [-0.25, -0.2) is 0 Å². The number of hydrogen-bond donors (Lipinski definition) is 0. The van der Waals surface area contributed by atoms with E-state index in [-0.39, 0.29) is 11.8 Å². The molecule has 4 heteroatoms. The largest absolute Gasteiger partial charge is 0.346 e. The maximum Gasteiger partial charge on any atom is 0.229 e. The summed E-state index contributed by atoms with van der Waals surface area (Å²) in [5.74, 6) is 0.702. The summed E-state index contributed by atoms with van der Waals surface area (Å²) in [4.78, 5) is 28.3. The van der Waals surface area contributed by atoms with Crippen LogP contribution in [0.2, 0.25) is 0 Å². The van der Waals surface area contributed by atoms with Crippen LogP contribution in [0.15, 0.2) is 0 Å². The average Bonchev–Trinajstić information content (AvgIpc) is 2.32. The van der Waals surface area contributed by atoms with Gasteiger partial charge in [0.25, 0.3) is 0 Å². The zero-order valence-corrected chi connectivity index (χ0v) is 13.0. The fraction of sp³-hybridized carbons (Fsp3) is 0.867. The molecular formula is C15H28N2O2. The minimum absolute atomic E-state index is 0.0862. The van der Waals surface area contributed by atoms with Gasteiger partial charge >= 0.3 is 0 Å². The van der Waals surface area contributed by atoms with Gasteiger partial charge in [-0.2, -0.15) is 0 Å². The monoisotopic (exact) mass is 268 g/mol. The van der Waals surface area contributed by atoms with Crippen LogP contribution >= 0.6 is 0 Å². The Morgan fingerprint density at radius 1 is 1.47 bits per heavy atom. The fourth-order valence-corrected chi connectivity index (χ4v) is 2.65. The van der Waals surface area contributed by atoms with Crippen molar-refractivity contribution < 1.29 is 9.59 Å². The summed E-state index contributed by atoms with van der Waals surface area (Å²) in [5, 5.41) is 0. The van der Waals surface area contributed by atoms with Crippen LogP contribution in [0.4, 0.5) is 0 Å². The van der Waals surface area contributed by atoms with Crippen molar-refractivity contribution in [3.63, 3.8) is 0 Å². The Balaban J connectivity index is 2.80. The normalized spacial score (nSPS) is 23.9. The van der Waals surface area contributed by atoms with Crippen molar-refractivity contribution in [1.82, 2.24) is 9.80 Å². The van der Waals surface area contributed by atoms with Gasteiger partial charge in [-0.05, 0) is 18.8 Å². The van der Waals surface area contributed by atoms with E-state index < -0.39 is 5.41 Å². The van der Waals surface area contributed by atoms with Crippen molar-refractivity contribution in [1.29, 1.82) is 0 Å². The Labute approximate surface area is 117 Å². The predicted octanol–water partition coefficient (Wildman–Crippen LogP) is 2.14. The number of amides is 2. The van der Waals surface area contributed by atoms with E-state index in [1.54, 1.807) is 4.90 Å². The highest BCUT2D eigenvalue weighted by Crippen LogP contribution is 2.33. The second-order valence-corrected chi connectivity index (χ2v) is 6.45. The van der Waals surface area contributed by atoms with Crippen LogP contribution in [0.5, 0.6) is 0 Å². The summed E-state index contributed by atoms with van der Waals surface area (Å²) in [6.45, 7) is 10.5. The topological polar surface area (TPSA) is 40.6 Å². The number of likely N-dealkylation sites (tertiary alicyclic amines) is 1. The van der Waals surface area contributed by atoms with Crippen molar-refractivity contribution in [2.75, 3.05) is 26.7 Å². The lowest BCUT2D eigenvalue weighted by atomic mass is 9.78. The molecule has 1 fully saturated rings. The zero-order valence-electron chi connectivity index (χ0n) is 13.0. The first-order chi connectivity index (χ1) is 8.80. The molecule has 1 unspecified atom stereocenters. The summed E-state index contributed by atoms with van der Waals surface area (Å²) in [5.41, 5.74) is -0.506. The molecule has 1 rings (SSSR count). The Bertz CT molecular complexity index is 341. The minimum Gasteiger partial charge on any atom is -0.346 e. The summed E-state index contributed by atoms with van der Waals surface area (Å²) in [6, 6.07) is 0. The third-order valence-corrected chi connectivity index (χ3v) is 3.85. The van der Waals surface area contributed by atoms with Crippen LogP contribution in [-0.4, -0.2) is 48.3 Å². The first-order valence-electron chi connectivity index (χ1n) is 7.33. The van der Waals surface area contributed by atoms with Crippen molar-refractivity contribution in [3.8, 4) is 0 Å². The molecule has 0 bridgehead atoms. The summed E-state index contributed by atoms with van der Waals surface area (Å²) in [6.07, 6.45) is 2.08. The molecule has 19 heavy (non-hydrogen) atoms. The molecule has 1 heterocycles. The summed E-state index contributed by atoms with van der Waals surface area (Å²) in [7, 11) is 1.81. The van der Waals surface area contributed by atoms with E-state index in [2.05, 4.69) is 20.8 Å². The highest BCUT2D eigenvalue weighted by atomic mass is 16.2. The van der Waals surface area contributed by atoms with Gasteiger partial charge in [0.1, 0.15) is 0 Å². The number of nitrogens with zero attached hydrogens (tertiary/aromatic N) is 2. The van der Waals surface area contributed by atoms with Crippen molar-refractivity contribution in [2.45, 2.75) is 47.0 Å². The lowest BCUT2D eigenvalue weighted by Crippen LogP contribution is -2.50. The quantitative estimate of drug-likeness (QED) is 0.766. The van der Waals surface area contributed by atoms with E-state index in [0.29, 0.717) is 18.9 Å². The van der Waals surface area contributed by atoms with Crippen LogP contribution in [0.25, 0.3) is 0 Å². The van der Waals surface area contributed by atoms with Gasteiger partial charge < -0.3 is 9.80 Å². The molecule has 1 atom stereocenters. The van der Waals surface area contributed by atoms with Gasteiger partial charge in [0, 0.05) is 33.1 Å². The van der Waals surface area contributed by atoms with Gasteiger partial charge in [0.2, 0.25) is 11.8 Å². The Morgan fingerprint density at radius 3 is 2.58 bits per heavy atom. The molecule has 2 amide bonds. The van der Waals surface area contributed by atoms with Crippen LogP contribution < -0.4 is 0 Å². The van der Waals surface area contributed by atoms with E-state index in [0.717, 1.165) is 25.9 Å². The number of piperidine rings is 1. The van der Waals surface area contributed by atoms with Gasteiger partial charge in [-0.1, -0.05) is 27.7 Å². The van der Waals surface area contributed by atoms with E-state index in [9.17, 15) is 9.59 Å². The lowest BCUT2D eigenvalue weighted by molar-refractivity contribution is -0.151. The van der Waals surface area contributed by atoms with Crippen LogP contribution in [0.3, 0.4) is 0 Å². The van der Waals surface area contributed by atoms with Crippen LogP contribution in [-0.2, 0) is 9.59 Å². The molecule has 0 aliphatic carbocycles. The smallest absolute Gasteiger partial charge is 0.229 e. The van der Waals surface area contributed by atoms with Crippen molar-refractivity contribution >= 4 is 11.8 Å². The minimum atomic E-state index is -0.506. The molecule has 4 nitrogen and oxygen atoms in total. The molecular weight excluding hydrogens is 240 g/mol. The third-order valence-electron chi connectivity index (χ3n) is 3.85. The van der Waals surface area contributed by atoms with Gasteiger partial charge in [0.05, 0.1) is 5.41 Å². The SMILES string of the molecule is CCCN(CC(C)C)C(=O)C1(C)CCN(C)C(=O)C1. The van der Waals surface area contributed by atoms with E-state index in [1.807, 2.05) is 18.9 Å². The highest BCUT2D eigenvalue weighted by Gasteiger charge is 2.42. The molecule has 0 radical (unpaired) electrons. The van der Waals surface area contributed by atoms with E-state index in [1.165, 1.54) is 0 Å². The predicted molar refractivity (Wildman–Crippen MR) is 76.7 cm³/mol. The maximum atomic E-state index is 12.8. The number of rotatable bonds is 5. The molecule has 0 spiro atoms. The van der Waals surface area contributed by atoms with E-state index in [4.69, 9.17) is 0 Å². The summed E-state index contributed by atoms with van der Waals surface area (Å²) >= 11 is 0. The first-order valence-corrected chi connectivity index (χ1v) is 7.33. The Hall–Kier alpha value is -1.06. The molecule has 1 aliphatic rings. The number of carbonyl (C=O) groups excluding carboxylic acids is 2. The van der Waals surface area contributed by atoms with E-state index >= 15 is 0 Å². The fourth-order valence-electron chi connectivity index (χ4n) is 2.65. The van der Waals surface area contributed by atoms with Gasteiger partial charge in [0.15, 0.2) is 0 Å². The molecule has 110 valence electrons. The summed E-state index contributed by atoms with van der Waals surface area (Å²) < 4.78 is 0. The standard InChI is InChI=1S/C15H28N2O2/c1-6-8-17(11-12(2)3)14(19)15(4)7-9-16(5)13(18)10-15/h12H,6-11H2,1-5H3. The third kappa shape index (κ3) is 3.95. The molecule has 1 saturated heterocycles. The second kappa shape index (κ2) is 6.40. The van der Waals surface area contributed by atoms with Crippen LogP contribution in [0, 0.1) is 11.3 Å². The average molecular weight is 268 g/mol. The molecule has 0 aromatic rings. The van der Waals surface area contributed by atoms with Crippen LogP contribution in [0.1, 0.15) is 47.0 Å². The Kier molecular flexibility index (Phi) is 5.39. The number of carbonyl (C=O) groups is 2.